The zero-order chi connectivity index (χ0) is 16.1. The Bertz CT molecular complexity index is 697. The number of benzene rings is 1. The fraction of sp³-hybridized carbons (Fsp3) is 0.333. The van der Waals surface area contributed by atoms with E-state index in [4.69, 9.17) is 21.9 Å². The summed E-state index contributed by atoms with van der Waals surface area (Å²) in [5, 5.41) is 8.66. The van der Waals surface area contributed by atoms with Crippen molar-refractivity contribution in [1.29, 1.82) is 5.26 Å². The summed E-state index contributed by atoms with van der Waals surface area (Å²) >= 11 is 5.59. The fourth-order valence-electron chi connectivity index (χ4n) is 2.75. The van der Waals surface area contributed by atoms with E-state index in [2.05, 4.69) is 15.9 Å². The van der Waals surface area contributed by atoms with Crippen LogP contribution in [-0.2, 0) is 0 Å². The summed E-state index contributed by atoms with van der Waals surface area (Å²) in [6.07, 6.45) is 0.586. The maximum atomic E-state index is 8.66. The molecule has 0 N–H and O–H groups in total. The minimum atomic E-state index is 0.586. The third-order valence-corrected chi connectivity index (χ3v) is 4.53. The fourth-order valence-corrected chi connectivity index (χ4v) is 3.04. The SMILES string of the molecule is N#CCCN1CCN(C(=S)c2ccc(-c3ccccc3)o2)CC1. The lowest BCUT2D eigenvalue weighted by molar-refractivity contribution is 0.186. The molecule has 0 atom stereocenters. The van der Waals surface area contributed by atoms with Crippen LogP contribution in [0.2, 0.25) is 0 Å². The number of furan rings is 1. The average Bonchev–Trinajstić information content (AvgIpc) is 3.11. The Morgan fingerprint density at radius 3 is 2.52 bits per heavy atom. The smallest absolute Gasteiger partial charge is 0.162 e. The molecule has 0 spiro atoms. The number of piperazine rings is 1. The van der Waals surface area contributed by atoms with Gasteiger partial charge in [0.05, 0.1) is 6.07 Å². The predicted octanol–water partition coefficient (Wildman–Crippen LogP) is 3.15. The lowest BCUT2D eigenvalue weighted by Gasteiger charge is -2.35. The van der Waals surface area contributed by atoms with Crippen molar-refractivity contribution in [3.63, 3.8) is 0 Å². The van der Waals surface area contributed by atoms with Gasteiger partial charge in [-0.15, -0.1) is 0 Å². The largest absolute Gasteiger partial charge is 0.454 e. The summed E-state index contributed by atoms with van der Waals surface area (Å²) < 4.78 is 5.94. The van der Waals surface area contributed by atoms with E-state index in [1.165, 1.54) is 0 Å². The molecule has 4 nitrogen and oxygen atoms in total. The van der Waals surface area contributed by atoms with Gasteiger partial charge in [-0.2, -0.15) is 5.26 Å². The van der Waals surface area contributed by atoms with E-state index in [-0.39, 0.29) is 0 Å². The molecule has 2 aromatic rings. The predicted molar refractivity (Wildman–Crippen MR) is 94.1 cm³/mol. The summed E-state index contributed by atoms with van der Waals surface area (Å²) in [5.41, 5.74) is 1.06. The molecular weight excluding hydrogens is 306 g/mol. The van der Waals surface area contributed by atoms with Gasteiger partial charge in [-0.05, 0) is 12.1 Å². The van der Waals surface area contributed by atoms with Gasteiger partial charge in [0.25, 0.3) is 0 Å². The highest BCUT2D eigenvalue weighted by Crippen LogP contribution is 2.23. The minimum absolute atomic E-state index is 0.586. The Hall–Kier alpha value is -2.16. The summed E-state index contributed by atoms with van der Waals surface area (Å²) in [4.78, 5) is 5.26. The molecule has 1 fully saturated rings. The maximum absolute atomic E-state index is 8.66. The standard InChI is InChI=1S/C18H19N3OS/c19-9-4-10-20-11-13-21(14-12-20)18(23)17-8-7-16(22-17)15-5-2-1-3-6-15/h1-3,5-8H,4,10-14H2. The number of nitrogens with zero attached hydrogens (tertiary/aromatic N) is 3. The van der Waals surface area contributed by atoms with Gasteiger partial charge < -0.3 is 9.32 Å². The molecule has 0 bridgehead atoms. The Morgan fingerprint density at radius 1 is 1.09 bits per heavy atom. The van der Waals surface area contributed by atoms with Gasteiger partial charge in [-0.3, -0.25) is 4.90 Å². The van der Waals surface area contributed by atoms with E-state index in [9.17, 15) is 0 Å². The van der Waals surface area contributed by atoms with E-state index in [1.807, 2.05) is 42.5 Å². The van der Waals surface area contributed by atoms with Crippen LogP contribution in [0.15, 0.2) is 46.9 Å². The summed E-state index contributed by atoms with van der Waals surface area (Å²) in [7, 11) is 0. The Balaban J connectivity index is 1.61. The summed E-state index contributed by atoms with van der Waals surface area (Å²) in [5.74, 6) is 1.60. The molecule has 3 rings (SSSR count). The molecule has 0 unspecified atom stereocenters. The lowest BCUT2D eigenvalue weighted by Crippen LogP contribution is -2.48. The van der Waals surface area contributed by atoms with Crippen LogP contribution in [0.3, 0.4) is 0 Å². The van der Waals surface area contributed by atoms with Crippen LogP contribution in [0.1, 0.15) is 12.2 Å². The van der Waals surface area contributed by atoms with Crippen LogP contribution in [-0.4, -0.2) is 47.5 Å². The molecular formula is C18H19N3OS. The van der Waals surface area contributed by atoms with E-state index >= 15 is 0 Å². The van der Waals surface area contributed by atoms with Crippen molar-refractivity contribution in [3.05, 3.63) is 48.2 Å². The Kier molecular flexibility index (Phi) is 5.06. The van der Waals surface area contributed by atoms with Gasteiger partial charge in [0, 0.05) is 44.7 Å². The molecule has 1 aromatic heterocycles. The van der Waals surface area contributed by atoms with Gasteiger partial charge in [0.15, 0.2) is 5.76 Å². The maximum Gasteiger partial charge on any atom is 0.162 e. The highest BCUT2D eigenvalue weighted by atomic mass is 32.1. The second kappa shape index (κ2) is 7.40. The first-order chi connectivity index (χ1) is 11.3. The first-order valence-corrected chi connectivity index (χ1v) is 8.22. The van der Waals surface area contributed by atoms with Crippen LogP contribution in [0.5, 0.6) is 0 Å². The zero-order valence-electron chi connectivity index (χ0n) is 12.9. The van der Waals surface area contributed by atoms with Gasteiger partial charge in [-0.25, -0.2) is 0 Å². The van der Waals surface area contributed by atoms with E-state index in [0.29, 0.717) is 6.42 Å². The molecule has 0 radical (unpaired) electrons. The molecule has 1 aromatic carbocycles. The second-order valence-electron chi connectivity index (χ2n) is 5.57. The summed E-state index contributed by atoms with van der Waals surface area (Å²) in [6.45, 7) is 4.48. The van der Waals surface area contributed by atoms with Crippen LogP contribution >= 0.6 is 12.2 Å². The molecule has 0 saturated carbocycles. The number of rotatable bonds is 4. The number of hydrogen-bond acceptors (Lipinski definition) is 4. The highest BCUT2D eigenvalue weighted by Gasteiger charge is 2.21. The van der Waals surface area contributed by atoms with Crippen molar-refractivity contribution in [3.8, 4) is 17.4 Å². The molecule has 1 saturated heterocycles. The van der Waals surface area contributed by atoms with Gasteiger partial charge in [0.2, 0.25) is 0 Å². The third-order valence-electron chi connectivity index (χ3n) is 4.07. The van der Waals surface area contributed by atoms with E-state index in [1.54, 1.807) is 0 Å². The molecule has 23 heavy (non-hydrogen) atoms. The number of hydrogen-bond donors (Lipinski definition) is 0. The zero-order valence-corrected chi connectivity index (χ0v) is 13.8. The molecule has 0 amide bonds. The Morgan fingerprint density at radius 2 is 1.83 bits per heavy atom. The van der Waals surface area contributed by atoms with Crippen LogP contribution < -0.4 is 0 Å². The lowest BCUT2D eigenvalue weighted by atomic mass is 10.2. The monoisotopic (exact) mass is 325 g/mol. The van der Waals surface area contributed by atoms with Gasteiger partial charge in [0.1, 0.15) is 10.7 Å². The van der Waals surface area contributed by atoms with Crippen molar-refractivity contribution in [1.82, 2.24) is 9.80 Å². The van der Waals surface area contributed by atoms with Crippen molar-refractivity contribution in [2.45, 2.75) is 6.42 Å². The first-order valence-electron chi connectivity index (χ1n) is 7.82. The third kappa shape index (κ3) is 3.79. The average molecular weight is 325 g/mol. The van der Waals surface area contributed by atoms with Gasteiger partial charge >= 0.3 is 0 Å². The Labute approximate surface area is 141 Å². The van der Waals surface area contributed by atoms with Crippen molar-refractivity contribution < 1.29 is 4.42 Å². The molecule has 0 aliphatic carbocycles. The van der Waals surface area contributed by atoms with Crippen LogP contribution in [0.25, 0.3) is 11.3 Å². The molecule has 1 aliphatic heterocycles. The molecule has 118 valence electrons. The van der Waals surface area contributed by atoms with E-state index < -0.39 is 0 Å². The van der Waals surface area contributed by atoms with Crippen molar-refractivity contribution >= 4 is 17.2 Å². The highest BCUT2D eigenvalue weighted by molar-refractivity contribution is 7.80. The minimum Gasteiger partial charge on any atom is -0.454 e. The van der Waals surface area contributed by atoms with Crippen molar-refractivity contribution in [2.75, 3.05) is 32.7 Å². The van der Waals surface area contributed by atoms with Crippen LogP contribution in [0.4, 0.5) is 0 Å². The normalized spacial score (nSPS) is 15.3. The van der Waals surface area contributed by atoms with E-state index in [0.717, 1.165) is 54.8 Å². The quantitative estimate of drug-likeness (QED) is 0.808. The molecule has 2 heterocycles. The second-order valence-corrected chi connectivity index (χ2v) is 5.96. The number of nitriles is 1. The number of thiocarbonyl (C=S) groups is 1. The van der Waals surface area contributed by atoms with Crippen LogP contribution in [0, 0.1) is 11.3 Å². The molecule has 1 aliphatic rings. The first kappa shape index (κ1) is 15.7. The molecule has 5 heteroatoms. The summed E-state index contributed by atoms with van der Waals surface area (Å²) in [6, 6.07) is 16.2. The topological polar surface area (TPSA) is 43.4 Å². The van der Waals surface area contributed by atoms with Crippen molar-refractivity contribution in [2.24, 2.45) is 0 Å². The van der Waals surface area contributed by atoms with Gasteiger partial charge in [-0.1, -0.05) is 42.5 Å².